The highest BCUT2D eigenvalue weighted by Crippen LogP contribution is 2.26. The van der Waals surface area contributed by atoms with Gasteiger partial charge in [0.05, 0.1) is 24.3 Å². The summed E-state index contributed by atoms with van der Waals surface area (Å²) in [6.45, 7) is 8.15. The van der Waals surface area contributed by atoms with Crippen molar-refractivity contribution in [1.29, 1.82) is 0 Å². The van der Waals surface area contributed by atoms with Gasteiger partial charge in [0, 0.05) is 24.8 Å². The molecule has 1 aliphatic rings. The SMILES string of the molecule is Cn1c(=O)n(CC(C)(C)C)c2ccc(-c3ccc(N4CC[S+](=O)(O)CC4)cc3)nc21. The van der Waals surface area contributed by atoms with Gasteiger partial charge < -0.3 is 4.90 Å². The number of anilines is 1. The van der Waals surface area contributed by atoms with Crippen LogP contribution in [0.15, 0.2) is 41.2 Å². The third-order valence-corrected chi connectivity index (χ3v) is 7.14. The number of pyridine rings is 1. The van der Waals surface area contributed by atoms with Crippen LogP contribution in [0.1, 0.15) is 20.8 Å². The fourth-order valence-corrected chi connectivity index (χ4v) is 5.10. The Hall–Kier alpha value is -2.45. The van der Waals surface area contributed by atoms with E-state index >= 15 is 0 Å². The van der Waals surface area contributed by atoms with E-state index in [1.807, 2.05) is 36.4 Å². The molecule has 7 nitrogen and oxygen atoms in total. The Morgan fingerprint density at radius 3 is 2.30 bits per heavy atom. The molecule has 1 aliphatic heterocycles. The molecular weight excluding hydrogens is 400 g/mol. The first-order chi connectivity index (χ1) is 14.0. The molecule has 0 saturated carbocycles. The summed E-state index contributed by atoms with van der Waals surface area (Å²) in [5, 5.41) is 0. The van der Waals surface area contributed by atoms with E-state index in [2.05, 4.69) is 25.7 Å². The molecule has 0 amide bonds. The maximum absolute atomic E-state index is 12.7. The largest absolute Gasteiger partial charge is 0.362 e. The highest BCUT2D eigenvalue weighted by Gasteiger charge is 2.32. The van der Waals surface area contributed by atoms with Crippen LogP contribution in [0.4, 0.5) is 5.69 Å². The van der Waals surface area contributed by atoms with Crippen LogP contribution in [0.3, 0.4) is 0 Å². The lowest BCUT2D eigenvalue weighted by Crippen LogP contribution is -2.43. The van der Waals surface area contributed by atoms with E-state index < -0.39 is 10.2 Å². The van der Waals surface area contributed by atoms with Crippen LogP contribution < -0.4 is 10.6 Å². The normalized spacial score (nSPS) is 16.9. The van der Waals surface area contributed by atoms with Gasteiger partial charge in [-0.3, -0.25) is 9.13 Å². The van der Waals surface area contributed by atoms with Crippen molar-refractivity contribution < 1.29 is 8.76 Å². The van der Waals surface area contributed by atoms with Crippen LogP contribution >= 0.6 is 0 Å². The van der Waals surface area contributed by atoms with Crippen LogP contribution in [-0.2, 0) is 28.0 Å². The topological polar surface area (TPSA) is 80.4 Å². The van der Waals surface area contributed by atoms with E-state index in [4.69, 9.17) is 4.98 Å². The van der Waals surface area contributed by atoms with E-state index in [9.17, 15) is 13.6 Å². The minimum absolute atomic E-state index is 0.00959. The number of rotatable bonds is 3. The minimum atomic E-state index is -2.64. The van der Waals surface area contributed by atoms with Crippen molar-refractivity contribution >= 4 is 27.1 Å². The first-order valence-electron chi connectivity index (χ1n) is 10.2. The lowest BCUT2D eigenvalue weighted by molar-refractivity contribution is 0.342. The smallest absolute Gasteiger partial charge is 0.330 e. The van der Waals surface area contributed by atoms with Gasteiger partial charge in [-0.05, 0) is 29.7 Å². The van der Waals surface area contributed by atoms with Gasteiger partial charge in [0.2, 0.25) is 10.2 Å². The number of hydrogen-bond acceptors (Lipinski definition) is 4. The van der Waals surface area contributed by atoms with Gasteiger partial charge in [0.15, 0.2) is 17.2 Å². The van der Waals surface area contributed by atoms with Gasteiger partial charge in [0.1, 0.15) is 0 Å². The van der Waals surface area contributed by atoms with Crippen molar-refractivity contribution in [3.05, 3.63) is 46.9 Å². The minimum Gasteiger partial charge on any atom is -0.362 e. The molecule has 0 spiro atoms. The molecule has 160 valence electrons. The first kappa shape index (κ1) is 20.8. The highest BCUT2D eigenvalue weighted by atomic mass is 32.3. The summed E-state index contributed by atoms with van der Waals surface area (Å²) in [4.78, 5) is 19.6. The van der Waals surface area contributed by atoms with Crippen LogP contribution in [-0.4, -0.2) is 43.3 Å². The van der Waals surface area contributed by atoms with Crippen molar-refractivity contribution in [2.45, 2.75) is 27.3 Å². The van der Waals surface area contributed by atoms with Gasteiger partial charge in [-0.25, -0.2) is 9.78 Å². The molecule has 1 N–H and O–H groups in total. The standard InChI is InChI=1S/C22H28N4O3S/c1-22(2,3)15-26-19-10-9-18(23-20(19)24(4)21(26)27)16-5-7-17(8-6-16)25-11-13-30(28,29)14-12-25/h5-10H,11-15H2,1-4H3/p+1. The summed E-state index contributed by atoms with van der Waals surface area (Å²) in [5.41, 5.74) is 4.29. The molecular formula is C22H29N4O3S+. The second-order valence-corrected chi connectivity index (χ2v) is 11.6. The van der Waals surface area contributed by atoms with Crippen molar-refractivity contribution in [1.82, 2.24) is 14.1 Å². The molecule has 4 rings (SSSR count). The molecule has 2 aromatic heterocycles. The van der Waals surface area contributed by atoms with Crippen LogP contribution in [0.5, 0.6) is 0 Å². The zero-order valence-electron chi connectivity index (χ0n) is 18.0. The predicted molar refractivity (Wildman–Crippen MR) is 122 cm³/mol. The van der Waals surface area contributed by atoms with Crippen molar-refractivity contribution in [3.63, 3.8) is 0 Å². The van der Waals surface area contributed by atoms with E-state index in [0.29, 0.717) is 36.8 Å². The molecule has 0 unspecified atom stereocenters. The molecule has 0 radical (unpaired) electrons. The van der Waals surface area contributed by atoms with E-state index in [-0.39, 0.29) is 11.1 Å². The monoisotopic (exact) mass is 429 g/mol. The van der Waals surface area contributed by atoms with Crippen molar-refractivity contribution in [2.75, 3.05) is 29.5 Å². The van der Waals surface area contributed by atoms with Gasteiger partial charge >= 0.3 is 5.69 Å². The lowest BCUT2D eigenvalue weighted by atomic mass is 9.97. The average Bonchev–Trinajstić information content (AvgIpc) is 2.91. The summed E-state index contributed by atoms with van der Waals surface area (Å²) < 4.78 is 24.9. The van der Waals surface area contributed by atoms with Crippen LogP contribution in [0.25, 0.3) is 22.4 Å². The summed E-state index contributed by atoms with van der Waals surface area (Å²) in [6.07, 6.45) is 0. The number of nitrogens with zero attached hydrogens (tertiary/aromatic N) is 4. The quantitative estimate of drug-likeness (QED) is 0.647. The maximum Gasteiger partial charge on any atom is 0.330 e. The molecule has 1 saturated heterocycles. The Kier molecular flexibility index (Phi) is 5.10. The fourth-order valence-electron chi connectivity index (χ4n) is 3.88. The maximum atomic E-state index is 12.7. The molecule has 1 aromatic carbocycles. The van der Waals surface area contributed by atoms with Crippen LogP contribution in [0, 0.1) is 5.41 Å². The number of benzene rings is 1. The Morgan fingerprint density at radius 1 is 1.07 bits per heavy atom. The molecule has 0 aliphatic carbocycles. The third kappa shape index (κ3) is 4.06. The Morgan fingerprint density at radius 2 is 1.70 bits per heavy atom. The zero-order valence-corrected chi connectivity index (χ0v) is 18.8. The second-order valence-electron chi connectivity index (χ2n) is 9.24. The van der Waals surface area contributed by atoms with Crippen molar-refractivity contribution in [3.8, 4) is 11.3 Å². The first-order valence-corrected chi connectivity index (χ1v) is 12.0. The molecule has 0 bridgehead atoms. The highest BCUT2D eigenvalue weighted by molar-refractivity contribution is 7.97. The molecule has 8 heteroatoms. The number of aryl methyl sites for hydroxylation is 1. The van der Waals surface area contributed by atoms with Crippen molar-refractivity contribution in [2.24, 2.45) is 12.5 Å². The zero-order chi connectivity index (χ0) is 21.7. The van der Waals surface area contributed by atoms with E-state index in [1.165, 1.54) is 0 Å². The number of imidazole rings is 1. The van der Waals surface area contributed by atoms with Gasteiger partial charge in [-0.1, -0.05) is 37.1 Å². The number of aromatic nitrogens is 3. The summed E-state index contributed by atoms with van der Waals surface area (Å²) in [5.74, 6) is 0.624. The van der Waals surface area contributed by atoms with Gasteiger partial charge in [-0.2, -0.15) is 4.55 Å². The third-order valence-electron chi connectivity index (χ3n) is 5.50. The average molecular weight is 430 g/mol. The van der Waals surface area contributed by atoms with Gasteiger partial charge in [-0.15, -0.1) is 0 Å². The van der Waals surface area contributed by atoms with Crippen LogP contribution in [0.2, 0.25) is 0 Å². The molecule has 1 fully saturated rings. The van der Waals surface area contributed by atoms with Gasteiger partial charge in [0.25, 0.3) is 0 Å². The molecule has 3 heterocycles. The van der Waals surface area contributed by atoms with E-state index in [0.717, 1.165) is 22.5 Å². The molecule has 3 aromatic rings. The fraction of sp³-hybridized carbons (Fsp3) is 0.455. The second kappa shape index (κ2) is 7.35. The number of hydrogen-bond donors (Lipinski definition) is 1. The number of fused-ring (bicyclic) bond motifs is 1. The summed E-state index contributed by atoms with van der Waals surface area (Å²) >= 11 is 0. The molecule has 30 heavy (non-hydrogen) atoms. The van der Waals surface area contributed by atoms with E-state index in [1.54, 1.807) is 16.2 Å². The molecule has 0 atom stereocenters. The Labute approximate surface area is 177 Å². The predicted octanol–water partition coefficient (Wildman–Crippen LogP) is 3.24. The summed E-state index contributed by atoms with van der Waals surface area (Å²) in [7, 11) is -0.881. The Bertz CT molecular complexity index is 1180. The summed E-state index contributed by atoms with van der Waals surface area (Å²) in [6, 6.07) is 12.0. The lowest BCUT2D eigenvalue weighted by Gasteiger charge is -2.27. The Balaban J connectivity index is 1.63.